The third kappa shape index (κ3) is 5.03. The van der Waals surface area contributed by atoms with E-state index >= 15 is 0 Å². The molecule has 20 heavy (non-hydrogen) atoms. The Morgan fingerprint density at radius 2 is 1.05 bits per heavy atom. The minimum absolute atomic E-state index is 0.239. The van der Waals surface area contributed by atoms with E-state index in [9.17, 15) is 9.59 Å². The first-order valence-corrected chi connectivity index (χ1v) is 6.74. The van der Waals surface area contributed by atoms with Crippen molar-refractivity contribution in [2.45, 2.75) is 52.6 Å². The molecule has 0 aliphatic carbocycles. The summed E-state index contributed by atoms with van der Waals surface area (Å²) in [5.41, 5.74) is 0.100. The Morgan fingerprint density at radius 3 is 1.30 bits per heavy atom. The maximum absolute atomic E-state index is 12.3. The summed E-state index contributed by atoms with van der Waals surface area (Å²) in [5, 5.41) is 5.75. The summed E-state index contributed by atoms with van der Waals surface area (Å²) in [4.78, 5) is 24.5. The number of carbonyl (C=O) groups is 2. The van der Waals surface area contributed by atoms with Gasteiger partial charge in [0.05, 0.1) is 11.1 Å². The number of rotatable bonds is 2. The van der Waals surface area contributed by atoms with Crippen LogP contribution in [0.5, 0.6) is 0 Å². The Morgan fingerprint density at radius 1 is 0.750 bits per heavy atom. The summed E-state index contributed by atoms with van der Waals surface area (Å²) < 4.78 is 0. The molecule has 110 valence electrons. The van der Waals surface area contributed by atoms with Crippen LogP contribution < -0.4 is 10.6 Å². The first-order valence-electron chi connectivity index (χ1n) is 6.74. The van der Waals surface area contributed by atoms with Gasteiger partial charge in [-0.1, -0.05) is 12.1 Å². The predicted octanol–water partition coefficient (Wildman–Crippen LogP) is 2.74. The molecule has 4 heteroatoms. The Bertz CT molecular complexity index is 461. The Balaban J connectivity index is 3.05. The van der Waals surface area contributed by atoms with Gasteiger partial charge in [-0.05, 0) is 53.7 Å². The van der Waals surface area contributed by atoms with E-state index in [1.54, 1.807) is 24.3 Å². The molecule has 4 nitrogen and oxygen atoms in total. The topological polar surface area (TPSA) is 58.2 Å². The zero-order chi connectivity index (χ0) is 15.6. The lowest BCUT2D eigenvalue weighted by Crippen LogP contribution is -2.43. The Hall–Kier alpha value is -1.84. The molecule has 0 aliphatic heterocycles. The highest BCUT2D eigenvalue weighted by molar-refractivity contribution is 6.07. The van der Waals surface area contributed by atoms with Crippen LogP contribution >= 0.6 is 0 Å². The van der Waals surface area contributed by atoms with Crippen LogP contribution in [0.25, 0.3) is 0 Å². The van der Waals surface area contributed by atoms with Gasteiger partial charge in [0.2, 0.25) is 0 Å². The fourth-order valence-corrected chi connectivity index (χ4v) is 1.69. The molecule has 0 saturated heterocycles. The number of hydrogen-bond acceptors (Lipinski definition) is 2. The van der Waals surface area contributed by atoms with Crippen LogP contribution in [-0.4, -0.2) is 22.9 Å². The molecule has 0 unspecified atom stereocenters. The molecule has 1 rings (SSSR count). The zero-order valence-corrected chi connectivity index (χ0v) is 13.1. The lowest BCUT2D eigenvalue weighted by atomic mass is 10.0. The van der Waals surface area contributed by atoms with Crippen molar-refractivity contribution < 1.29 is 9.59 Å². The monoisotopic (exact) mass is 276 g/mol. The lowest BCUT2D eigenvalue weighted by molar-refractivity contribution is 0.0883. The Kier molecular flexibility index (Phi) is 4.58. The molecular weight excluding hydrogens is 252 g/mol. The van der Waals surface area contributed by atoms with Crippen LogP contribution in [-0.2, 0) is 0 Å². The fraction of sp³-hybridized carbons (Fsp3) is 0.500. The summed E-state index contributed by atoms with van der Waals surface area (Å²) in [7, 11) is 0. The van der Waals surface area contributed by atoms with Crippen LogP contribution in [0.15, 0.2) is 24.3 Å². The number of benzene rings is 1. The van der Waals surface area contributed by atoms with Crippen molar-refractivity contribution in [2.75, 3.05) is 0 Å². The number of amides is 2. The van der Waals surface area contributed by atoms with E-state index in [0.717, 1.165) is 0 Å². The second-order valence-electron chi connectivity index (χ2n) is 6.95. The number of carbonyl (C=O) groups excluding carboxylic acids is 2. The SMILES string of the molecule is CC(C)(C)NC(=O)c1ccccc1C(=O)NC(C)(C)C. The maximum atomic E-state index is 12.3. The van der Waals surface area contributed by atoms with Crippen molar-refractivity contribution in [2.24, 2.45) is 0 Å². The quantitative estimate of drug-likeness (QED) is 0.872. The summed E-state index contributed by atoms with van der Waals surface area (Å²) in [6.45, 7) is 11.4. The normalized spacial score (nSPS) is 11.9. The van der Waals surface area contributed by atoms with Crippen molar-refractivity contribution in [3.05, 3.63) is 35.4 Å². The molecule has 0 radical (unpaired) electrons. The Labute approximate surface area is 121 Å². The van der Waals surface area contributed by atoms with E-state index < -0.39 is 0 Å². The second-order valence-corrected chi connectivity index (χ2v) is 6.95. The third-order valence-electron chi connectivity index (χ3n) is 2.39. The van der Waals surface area contributed by atoms with E-state index in [1.807, 2.05) is 41.5 Å². The standard InChI is InChI=1S/C16H24N2O2/c1-15(2,3)17-13(19)11-9-7-8-10-12(11)14(20)18-16(4,5)6/h7-10H,1-6H3,(H,17,19)(H,18,20). The lowest BCUT2D eigenvalue weighted by Gasteiger charge is -2.23. The van der Waals surface area contributed by atoms with Crippen molar-refractivity contribution in [1.82, 2.24) is 10.6 Å². The van der Waals surface area contributed by atoms with Gasteiger partial charge < -0.3 is 10.6 Å². The van der Waals surface area contributed by atoms with Gasteiger partial charge in [0.15, 0.2) is 0 Å². The van der Waals surface area contributed by atoms with E-state index in [0.29, 0.717) is 11.1 Å². The van der Waals surface area contributed by atoms with Crippen molar-refractivity contribution in [3.8, 4) is 0 Å². The van der Waals surface area contributed by atoms with Gasteiger partial charge >= 0.3 is 0 Å². The molecule has 0 atom stereocenters. The van der Waals surface area contributed by atoms with Gasteiger partial charge in [-0.3, -0.25) is 9.59 Å². The van der Waals surface area contributed by atoms with Crippen LogP contribution in [0, 0.1) is 0 Å². The summed E-state index contributed by atoms with van der Waals surface area (Å²) in [5.74, 6) is -0.477. The highest BCUT2D eigenvalue weighted by Crippen LogP contribution is 2.12. The van der Waals surface area contributed by atoms with Crippen molar-refractivity contribution in [1.29, 1.82) is 0 Å². The minimum atomic E-state index is -0.343. The molecule has 0 fully saturated rings. The first kappa shape index (κ1) is 16.2. The van der Waals surface area contributed by atoms with Crippen LogP contribution in [0.1, 0.15) is 62.3 Å². The molecule has 0 aliphatic rings. The molecule has 1 aromatic rings. The van der Waals surface area contributed by atoms with E-state index in [2.05, 4.69) is 10.6 Å². The highest BCUT2D eigenvalue weighted by Gasteiger charge is 2.22. The molecule has 1 aromatic carbocycles. The van der Waals surface area contributed by atoms with Gasteiger partial charge in [-0.15, -0.1) is 0 Å². The van der Waals surface area contributed by atoms with Crippen molar-refractivity contribution in [3.63, 3.8) is 0 Å². The average molecular weight is 276 g/mol. The largest absolute Gasteiger partial charge is 0.347 e. The third-order valence-corrected chi connectivity index (χ3v) is 2.39. The maximum Gasteiger partial charge on any atom is 0.252 e. The van der Waals surface area contributed by atoms with Crippen LogP contribution in [0.3, 0.4) is 0 Å². The minimum Gasteiger partial charge on any atom is -0.347 e. The van der Waals surface area contributed by atoms with Gasteiger partial charge in [0.1, 0.15) is 0 Å². The summed E-state index contributed by atoms with van der Waals surface area (Å²) in [6, 6.07) is 6.84. The predicted molar refractivity (Wildman–Crippen MR) is 80.9 cm³/mol. The molecule has 0 spiro atoms. The molecule has 2 N–H and O–H groups in total. The average Bonchev–Trinajstić information content (AvgIpc) is 2.24. The smallest absolute Gasteiger partial charge is 0.252 e. The van der Waals surface area contributed by atoms with Crippen LogP contribution in [0.2, 0.25) is 0 Å². The number of hydrogen-bond donors (Lipinski definition) is 2. The molecule has 2 amide bonds. The molecular formula is C16H24N2O2. The fourth-order valence-electron chi connectivity index (χ4n) is 1.69. The molecule has 0 heterocycles. The highest BCUT2D eigenvalue weighted by atomic mass is 16.2. The van der Waals surface area contributed by atoms with E-state index in [-0.39, 0.29) is 22.9 Å². The molecule has 0 saturated carbocycles. The second kappa shape index (κ2) is 5.65. The van der Waals surface area contributed by atoms with Gasteiger partial charge in [-0.2, -0.15) is 0 Å². The summed E-state index contributed by atoms with van der Waals surface area (Å²) >= 11 is 0. The van der Waals surface area contributed by atoms with Gasteiger partial charge in [-0.25, -0.2) is 0 Å². The van der Waals surface area contributed by atoms with E-state index in [1.165, 1.54) is 0 Å². The van der Waals surface area contributed by atoms with Gasteiger partial charge in [0.25, 0.3) is 11.8 Å². The first-order chi connectivity index (χ1) is 8.99. The summed E-state index contributed by atoms with van der Waals surface area (Å²) in [6.07, 6.45) is 0. The van der Waals surface area contributed by atoms with Gasteiger partial charge in [0, 0.05) is 11.1 Å². The molecule has 0 aromatic heterocycles. The van der Waals surface area contributed by atoms with E-state index in [4.69, 9.17) is 0 Å². The molecule has 0 bridgehead atoms. The zero-order valence-electron chi connectivity index (χ0n) is 13.1. The number of nitrogens with one attached hydrogen (secondary N) is 2. The van der Waals surface area contributed by atoms with Crippen molar-refractivity contribution >= 4 is 11.8 Å². The van der Waals surface area contributed by atoms with Crippen LogP contribution in [0.4, 0.5) is 0 Å².